The van der Waals surface area contributed by atoms with Gasteiger partial charge in [0, 0.05) is 25.2 Å². The van der Waals surface area contributed by atoms with Crippen LogP contribution in [0.3, 0.4) is 0 Å². The lowest BCUT2D eigenvalue weighted by atomic mass is 9.68. The van der Waals surface area contributed by atoms with Crippen molar-refractivity contribution in [1.82, 2.24) is 10.2 Å². The normalized spacial score (nSPS) is 27.2. The van der Waals surface area contributed by atoms with Crippen LogP contribution in [-0.4, -0.2) is 42.4 Å². The molecule has 1 saturated heterocycles. The summed E-state index contributed by atoms with van der Waals surface area (Å²) in [6.07, 6.45) is 11.8. The zero-order valence-corrected chi connectivity index (χ0v) is 17.6. The third-order valence-electron chi connectivity index (χ3n) is 6.67. The summed E-state index contributed by atoms with van der Waals surface area (Å²) >= 11 is 0. The lowest BCUT2D eigenvalue weighted by molar-refractivity contribution is -0.158. The Kier molecular flexibility index (Phi) is 7.14. The van der Waals surface area contributed by atoms with Crippen LogP contribution in [0.15, 0.2) is 24.4 Å². The van der Waals surface area contributed by atoms with Crippen LogP contribution in [0.2, 0.25) is 0 Å². The standard InChI is InChI=1S/C23H34N2O4/c1-3-14-25-19-12-8-9-13-23(19,22(28)29-4-2)18(21(25)27)15-20(26)24-16-17-10-6-5-7-11-17/h3,12,17-18H,1,4-11,13-16H2,2H3,(H,24,26)/t18-,23-/m0/s1. The number of hydrogen-bond donors (Lipinski definition) is 1. The van der Waals surface area contributed by atoms with Crippen LogP contribution in [0.1, 0.15) is 64.7 Å². The predicted octanol–water partition coefficient (Wildman–Crippen LogP) is 3.33. The van der Waals surface area contributed by atoms with E-state index in [1.54, 1.807) is 17.9 Å². The van der Waals surface area contributed by atoms with Gasteiger partial charge in [-0.3, -0.25) is 14.4 Å². The van der Waals surface area contributed by atoms with Gasteiger partial charge in [-0.15, -0.1) is 6.58 Å². The number of likely N-dealkylation sites (tertiary alicyclic amines) is 1. The maximum Gasteiger partial charge on any atom is 0.318 e. The first-order valence-corrected chi connectivity index (χ1v) is 11.1. The monoisotopic (exact) mass is 402 g/mol. The summed E-state index contributed by atoms with van der Waals surface area (Å²) in [5.74, 6) is -0.884. The Bertz CT molecular complexity index is 680. The molecule has 1 heterocycles. The molecule has 0 spiro atoms. The fraction of sp³-hybridized carbons (Fsp3) is 0.696. The van der Waals surface area contributed by atoms with E-state index < -0.39 is 11.3 Å². The highest BCUT2D eigenvalue weighted by Crippen LogP contribution is 2.53. The van der Waals surface area contributed by atoms with Crippen molar-refractivity contribution >= 4 is 17.8 Å². The first kappa shape index (κ1) is 21.6. The van der Waals surface area contributed by atoms with E-state index in [1.165, 1.54) is 19.3 Å². The molecule has 0 aromatic rings. The number of nitrogens with one attached hydrogen (secondary N) is 1. The average molecular weight is 403 g/mol. The lowest BCUT2D eigenvalue weighted by Crippen LogP contribution is -2.43. The second-order valence-electron chi connectivity index (χ2n) is 8.48. The molecule has 3 aliphatic rings. The highest BCUT2D eigenvalue weighted by molar-refractivity contribution is 5.99. The van der Waals surface area contributed by atoms with Crippen LogP contribution in [0.4, 0.5) is 0 Å². The molecule has 3 rings (SSSR count). The minimum atomic E-state index is -1.05. The molecule has 2 amide bonds. The molecule has 1 aliphatic heterocycles. The van der Waals surface area contributed by atoms with E-state index in [1.807, 2.05) is 6.08 Å². The molecule has 6 heteroatoms. The molecule has 160 valence electrons. The molecule has 29 heavy (non-hydrogen) atoms. The van der Waals surface area contributed by atoms with Gasteiger partial charge in [-0.05, 0) is 44.9 Å². The summed E-state index contributed by atoms with van der Waals surface area (Å²) in [6, 6.07) is 0. The number of rotatable bonds is 8. The van der Waals surface area contributed by atoms with Gasteiger partial charge in [0.05, 0.1) is 12.5 Å². The van der Waals surface area contributed by atoms with E-state index in [0.29, 0.717) is 31.1 Å². The molecule has 2 fully saturated rings. The van der Waals surface area contributed by atoms with Crippen LogP contribution in [0.25, 0.3) is 0 Å². The average Bonchev–Trinajstić information content (AvgIpc) is 2.97. The van der Waals surface area contributed by atoms with Gasteiger partial charge in [-0.2, -0.15) is 0 Å². The Hall–Kier alpha value is -2.11. The summed E-state index contributed by atoms with van der Waals surface area (Å²) in [5.41, 5.74) is -0.339. The van der Waals surface area contributed by atoms with Crippen molar-refractivity contribution < 1.29 is 19.1 Å². The minimum Gasteiger partial charge on any atom is -0.465 e. The van der Waals surface area contributed by atoms with Gasteiger partial charge in [0.2, 0.25) is 11.8 Å². The number of allylic oxidation sites excluding steroid dienone is 1. The second-order valence-corrected chi connectivity index (χ2v) is 8.48. The Balaban J connectivity index is 1.79. The molecule has 2 atom stereocenters. The van der Waals surface area contributed by atoms with Crippen molar-refractivity contribution in [2.24, 2.45) is 17.3 Å². The van der Waals surface area contributed by atoms with E-state index in [9.17, 15) is 14.4 Å². The number of fused-ring (bicyclic) bond motifs is 1. The second kappa shape index (κ2) is 9.59. The first-order chi connectivity index (χ1) is 14.0. The van der Waals surface area contributed by atoms with E-state index in [4.69, 9.17) is 4.74 Å². The van der Waals surface area contributed by atoms with Crippen molar-refractivity contribution in [2.45, 2.75) is 64.7 Å². The molecule has 0 aromatic heterocycles. The molecule has 0 bridgehead atoms. The highest BCUT2D eigenvalue weighted by Gasteiger charge is 2.61. The van der Waals surface area contributed by atoms with Crippen LogP contribution in [0.5, 0.6) is 0 Å². The number of amides is 2. The quantitative estimate of drug-likeness (QED) is 0.499. The molecule has 0 unspecified atom stereocenters. The zero-order valence-electron chi connectivity index (χ0n) is 17.6. The van der Waals surface area contributed by atoms with Gasteiger partial charge in [0.15, 0.2) is 0 Å². The van der Waals surface area contributed by atoms with E-state index >= 15 is 0 Å². The SMILES string of the molecule is C=CCN1C(=O)[C@H](CC(=O)NCC2CCCCC2)[C@@]2(C(=O)OCC)CCCC=C12. The summed E-state index contributed by atoms with van der Waals surface area (Å²) in [4.78, 5) is 40.8. The maximum absolute atomic E-state index is 13.3. The highest BCUT2D eigenvalue weighted by atomic mass is 16.5. The Labute approximate surface area is 173 Å². The van der Waals surface area contributed by atoms with Crippen LogP contribution >= 0.6 is 0 Å². The fourth-order valence-corrected chi connectivity index (χ4v) is 5.25. The van der Waals surface area contributed by atoms with E-state index in [2.05, 4.69) is 11.9 Å². The van der Waals surface area contributed by atoms with Crippen molar-refractivity contribution in [3.63, 3.8) is 0 Å². The summed E-state index contributed by atoms with van der Waals surface area (Å²) in [6.45, 7) is 6.77. The minimum absolute atomic E-state index is 0.0232. The lowest BCUT2D eigenvalue weighted by Gasteiger charge is -2.35. The molecule has 2 aliphatic carbocycles. The van der Waals surface area contributed by atoms with E-state index in [-0.39, 0.29) is 30.8 Å². The van der Waals surface area contributed by atoms with Gasteiger partial charge in [-0.25, -0.2) is 0 Å². The van der Waals surface area contributed by atoms with Crippen molar-refractivity contribution in [3.05, 3.63) is 24.4 Å². The summed E-state index contributed by atoms with van der Waals surface area (Å²) in [7, 11) is 0. The van der Waals surface area contributed by atoms with Crippen molar-refractivity contribution in [2.75, 3.05) is 19.7 Å². The van der Waals surface area contributed by atoms with Gasteiger partial charge < -0.3 is 15.0 Å². The van der Waals surface area contributed by atoms with Crippen LogP contribution < -0.4 is 5.32 Å². The molecular formula is C23H34N2O4. The maximum atomic E-state index is 13.3. The topological polar surface area (TPSA) is 75.7 Å². The van der Waals surface area contributed by atoms with Crippen LogP contribution in [0, 0.1) is 17.3 Å². The van der Waals surface area contributed by atoms with Gasteiger partial charge in [-0.1, -0.05) is 31.4 Å². The first-order valence-electron chi connectivity index (χ1n) is 11.1. The summed E-state index contributed by atoms with van der Waals surface area (Å²) < 4.78 is 5.41. The Morgan fingerprint density at radius 1 is 1.31 bits per heavy atom. The number of carbonyl (C=O) groups excluding carboxylic acids is 3. The molecular weight excluding hydrogens is 368 g/mol. The number of carbonyl (C=O) groups is 3. The Morgan fingerprint density at radius 3 is 2.76 bits per heavy atom. The third kappa shape index (κ3) is 4.26. The number of esters is 1. The van der Waals surface area contributed by atoms with Crippen LogP contribution in [-0.2, 0) is 19.1 Å². The van der Waals surface area contributed by atoms with Gasteiger partial charge >= 0.3 is 5.97 Å². The summed E-state index contributed by atoms with van der Waals surface area (Å²) in [5, 5.41) is 3.03. The predicted molar refractivity (Wildman–Crippen MR) is 111 cm³/mol. The Morgan fingerprint density at radius 2 is 2.07 bits per heavy atom. The van der Waals surface area contributed by atoms with Gasteiger partial charge in [0.25, 0.3) is 0 Å². The zero-order chi connectivity index (χ0) is 20.9. The molecule has 1 saturated carbocycles. The van der Waals surface area contributed by atoms with E-state index in [0.717, 1.165) is 25.7 Å². The molecule has 0 radical (unpaired) electrons. The van der Waals surface area contributed by atoms with Crippen molar-refractivity contribution in [3.8, 4) is 0 Å². The molecule has 6 nitrogen and oxygen atoms in total. The van der Waals surface area contributed by atoms with Crippen molar-refractivity contribution in [1.29, 1.82) is 0 Å². The molecule has 0 aromatic carbocycles. The molecule has 1 N–H and O–H groups in total. The number of hydrogen-bond acceptors (Lipinski definition) is 4. The fourth-order valence-electron chi connectivity index (χ4n) is 5.25. The largest absolute Gasteiger partial charge is 0.465 e. The number of ether oxygens (including phenoxy) is 1. The third-order valence-corrected chi connectivity index (χ3v) is 6.67. The number of nitrogens with zero attached hydrogens (tertiary/aromatic N) is 1. The smallest absolute Gasteiger partial charge is 0.318 e. The van der Waals surface area contributed by atoms with Gasteiger partial charge in [0.1, 0.15) is 5.41 Å².